The molecular formula is C18H20N2O3. The van der Waals surface area contributed by atoms with Crippen LogP contribution in [0.4, 0.5) is 0 Å². The Hall–Kier alpha value is -1.87. The molecule has 2 spiro atoms. The maximum atomic E-state index is 5.83. The minimum Gasteiger partial charge on any atom is -0.348 e. The van der Waals surface area contributed by atoms with Crippen LogP contribution in [-0.2, 0) is 14.3 Å². The van der Waals surface area contributed by atoms with Gasteiger partial charge < -0.3 is 9.47 Å². The highest BCUT2D eigenvalue weighted by Crippen LogP contribution is 2.43. The Balaban J connectivity index is 1.46. The Labute approximate surface area is 136 Å². The van der Waals surface area contributed by atoms with Crippen molar-refractivity contribution in [1.29, 1.82) is 0 Å². The van der Waals surface area contributed by atoms with E-state index in [1.54, 1.807) is 6.20 Å². The fraction of sp³-hybridized carbons (Fsp3) is 0.500. The molecular weight excluding hydrogens is 292 g/mol. The molecule has 0 radical (unpaired) electrons. The zero-order chi connectivity index (χ0) is 15.8. The summed E-state index contributed by atoms with van der Waals surface area (Å²) in [7, 11) is 0. The van der Waals surface area contributed by atoms with E-state index in [1.165, 1.54) is 0 Å². The largest absolute Gasteiger partial charge is 0.348 e. The Morgan fingerprint density at radius 2 is 1.91 bits per heavy atom. The van der Waals surface area contributed by atoms with E-state index in [9.17, 15) is 0 Å². The van der Waals surface area contributed by atoms with Crippen LogP contribution in [-0.4, -0.2) is 29.6 Å². The van der Waals surface area contributed by atoms with Crippen molar-refractivity contribution in [3.8, 4) is 11.8 Å². The molecule has 23 heavy (non-hydrogen) atoms. The topological polar surface area (TPSA) is 52.6 Å². The molecule has 5 nitrogen and oxygen atoms in total. The van der Waals surface area contributed by atoms with Crippen molar-refractivity contribution in [2.24, 2.45) is 0 Å². The van der Waals surface area contributed by atoms with E-state index >= 15 is 0 Å². The summed E-state index contributed by atoms with van der Waals surface area (Å²) in [6.07, 6.45) is 7.31. The van der Waals surface area contributed by atoms with Crippen LogP contribution in [0.25, 0.3) is 0 Å². The van der Waals surface area contributed by atoms with Gasteiger partial charge in [-0.3, -0.25) is 10.3 Å². The van der Waals surface area contributed by atoms with Crippen molar-refractivity contribution in [3.05, 3.63) is 41.4 Å². The van der Waals surface area contributed by atoms with Crippen molar-refractivity contribution in [1.82, 2.24) is 10.5 Å². The molecule has 1 N–H and O–H groups in total. The molecule has 3 aliphatic rings. The third-order valence-corrected chi connectivity index (χ3v) is 4.68. The molecule has 5 heteroatoms. The smallest absolute Gasteiger partial charge is 0.168 e. The van der Waals surface area contributed by atoms with E-state index in [2.05, 4.69) is 28.4 Å². The normalized spacial score (nSPS) is 24.1. The van der Waals surface area contributed by atoms with Gasteiger partial charge in [0.1, 0.15) is 17.0 Å². The lowest BCUT2D eigenvalue weighted by atomic mass is 9.81. The summed E-state index contributed by atoms with van der Waals surface area (Å²) < 4.78 is 11.5. The average Bonchev–Trinajstić information content (AvgIpc) is 3.17. The summed E-state index contributed by atoms with van der Waals surface area (Å²) in [5, 5.41) is 0. The van der Waals surface area contributed by atoms with Crippen molar-refractivity contribution >= 4 is 0 Å². The van der Waals surface area contributed by atoms with Crippen LogP contribution in [0.15, 0.2) is 30.1 Å². The Morgan fingerprint density at radius 1 is 1.13 bits per heavy atom. The molecule has 0 atom stereocenters. The van der Waals surface area contributed by atoms with Crippen LogP contribution < -0.4 is 5.48 Å². The van der Waals surface area contributed by atoms with Crippen LogP contribution in [0, 0.1) is 18.8 Å². The Kier molecular flexibility index (Phi) is 3.61. The van der Waals surface area contributed by atoms with Crippen molar-refractivity contribution in [2.75, 3.05) is 13.2 Å². The molecule has 0 aromatic carbocycles. The fourth-order valence-electron chi connectivity index (χ4n) is 3.36. The molecule has 3 heterocycles. The third-order valence-electron chi connectivity index (χ3n) is 4.68. The monoisotopic (exact) mass is 312 g/mol. The molecule has 1 saturated carbocycles. The molecule has 4 rings (SSSR count). The standard InChI is InChI=1S/C18H20N2O3/c1-14-4-9-19-15(12-14)2-3-16-13-17(23-20-16)5-7-18(8-6-17)21-10-11-22-18/h4,9,12-13,20H,5-8,10-11H2,1H3. The van der Waals surface area contributed by atoms with Crippen LogP contribution in [0.5, 0.6) is 0 Å². The first-order valence-corrected chi connectivity index (χ1v) is 8.07. The van der Waals surface area contributed by atoms with Gasteiger partial charge in [0.15, 0.2) is 5.79 Å². The predicted molar refractivity (Wildman–Crippen MR) is 84.0 cm³/mol. The van der Waals surface area contributed by atoms with Gasteiger partial charge in [-0.05, 0) is 55.4 Å². The van der Waals surface area contributed by atoms with Gasteiger partial charge in [-0.2, -0.15) is 0 Å². The van der Waals surface area contributed by atoms with Gasteiger partial charge in [-0.1, -0.05) is 0 Å². The number of pyridine rings is 1. The number of ether oxygens (including phenoxy) is 2. The number of rotatable bonds is 0. The summed E-state index contributed by atoms with van der Waals surface area (Å²) in [5.74, 6) is 5.81. The maximum absolute atomic E-state index is 5.83. The molecule has 1 saturated heterocycles. The van der Waals surface area contributed by atoms with E-state index in [0.717, 1.165) is 42.6 Å². The number of nitrogens with one attached hydrogen (secondary N) is 1. The van der Waals surface area contributed by atoms with Gasteiger partial charge in [-0.15, -0.1) is 0 Å². The SMILES string of the molecule is Cc1ccnc(C#CC2=CC3(CCC4(CC3)OCCO4)ON2)c1. The van der Waals surface area contributed by atoms with E-state index in [0.29, 0.717) is 13.2 Å². The summed E-state index contributed by atoms with van der Waals surface area (Å²) >= 11 is 0. The molecule has 2 aliphatic heterocycles. The summed E-state index contributed by atoms with van der Waals surface area (Å²) in [6.45, 7) is 3.42. The van der Waals surface area contributed by atoms with Crippen molar-refractivity contribution in [3.63, 3.8) is 0 Å². The lowest BCUT2D eigenvalue weighted by Crippen LogP contribution is -2.43. The van der Waals surface area contributed by atoms with Gasteiger partial charge in [-0.25, -0.2) is 4.98 Å². The minimum absolute atomic E-state index is 0.287. The number of nitrogens with zero attached hydrogens (tertiary/aromatic N) is 1. The number of aromatic nitrogens is 1. The lowest BCUT2D eigenvalue weighted by Gasteiger charge is -2.39. The first kappa shape index (κ1) is 14.7. The highest BCUT2D eigenvalue weighted by molar-refractivity contribution is 5.39. The summed E-state index contributed by atoms with van der Waals surface area (Å²) in [4.78, 5) is 10.1. The molecule has 0 bridgehead atoms. The van der Waals surface area contributed by atoms with E-state index in [1.807, 2.05) is 19.1 Å². The zero-order valence-corrected chi connectivity index (χ0v) is 13.2. The minimum atomic E-state index is -0.373. The van der Waals surface area contributed by atoms with Gasteiger partial charge in [0.25, 0.3) is 0 Å². The van der Waals surface area contributed by atoms with Crippen LogP contribution in [0.3, 0.4) is 0 Å². The second-order valence-corrected chi connectivity index (χ2v) is 6.40. The molecule has 0 unspecified atom stereocenters. The molecule has 1 aliphatic carbocycles. The highest BCUT2D eigenvalue weighted by Gasteiger charge is 2.48. The van der Waals surface area contributed by atoms with Crippen LogP contribution >= 0.6 is 0 Å². The quantitative estimate of drug-likeness (QED) is 0.745. The number of aryl methyl sites for hydroxylation is 1. The molecule has 2 fully saturated rings. The number of hydrogen-bond acceptors (Lipinski definition) is 5. The first-order chi connectivity index (χ1) is 11.2. The average molecular weight is 312 g/mol. The molecule has 1 aromatic heterocycles. The number of hydroxylamine groups is 1. The van der Waals surface area contributed by atoms with Gasteiger partial charge in [0.2, 0.25) is 0 Å². The highest BCUT2D eigenvalue weighted by atomic mass is 16.7. The molecule has 1 aromatic rings. The maximum Gasteiger partial charge on any atom is 0.168 e. The summed E-state index contributed by atoms with van der Waals surface area (Å²) in [5.41, 5.74) is 5.40. The van der Waals surface area contributed by atoms with E-state index in [-0.39, 0.29) is 11.4 Å². The van der Waals surface area contributed by atoms with E-state index < -0.39 is 0 Å². The van der Waals surface area contributed by atoms with Crippen molar-refractivity contribution in [2.45, 2.75) is 44.0 Å². The lowest BCUT2D eigenvalue weighted by molar-refractivity contribution is -0.205. The van der Waals surface area contributed by atoms with Gasteiger partial charge >= 0.3 is 0 Å². The number of hydrogen-bond donors (Lipinski definition) is 1. The van der Waals surface area contributed by atoms with E-state index in [4.69, 9.17) is 14.3 Å². The second kappa shape index (κ2) is 5.64. The third kappa shape index (κ3) is 2.98. The number of allylic oxidation sites excluding steroid dienone is 1. The van der Waals surface area contributed by atoms with Crippen LogP contribution in [0.2, 0.25) is 0 Å². The zero-order valence-electron chi connectivity index (χ0n) is 13.2. The first-order valence-electron chi connectivity index (χ1n) is 8.07. The Bertz CT molecular complexity index is 686. The fourth-order valence-corrected chi connectivity index (χ4v) is 3.36. The van der Waals surface area contributed by atoms with Gasteiger partial charge in [0, 0.05) is 19.0 Å². The Morgan fingerprint density at radius 3 is 2.65 bits per heavy atom. The van der Waals surface area contributed by atoms with Crippen molar-refractivity contribution < 1.29 is 14.3 Å². The van der Waals surface area contributed by atoms with Crippen LogP contribution in [0.1, 0.15) is 36.9 Å². The second-order valence-electron chi connectivity index (χ2n) is 6.40. The molecule has 0 amide bonds. The predicted octanol–water partition coefficient (Wildman–Crippen LogP) is 2.22. The van der Waals surface area contributed by atoms with Gasteiger partial charge in [0.05, 0.1) is 13.2 Å². The molecule has 120 valence electrons. The summed E-state index contributed by atoms with van der Waals surface area (Å²) in [6, 6.07) is 3.93.